The summed E-state index contributed by atoms with van der Waals surface area (Å²) in [5.74, 6) is -0.172. The number of nitrogens with one attached hydrogen (secondary N) is 1. The quantitative estimate of drug-likeness (QED) is 0.847. The smallest absolute Gasteiger partial charge is 0.255 e. The molecule has 1 amide bonds. The molecule has 0 saturated carbocycles. The van der Waals surface area contributed by atoms with Crippen molar-refractivity contribution >= 4 is 5.91 Å². The lowest BCUT2D eigenvalue weighted by Crippen LogP contribution is -2.37. The molecule has 0 aromatic carbocycles. The average Bonchev–Trinajstić information content (AvgIpc) is 2.67. The predicted octanol–water partition coefficient (Wildman–Crippen LogP) is 1.22. The highest BCUT2D eigenvalue weighted by atomic mass is 16.3. The van der Waals surface area contributed by atoms with Crippen LogP contribution in [-0.4, -0.2) is 33.4 Å². The number of hydrogen-bond acceptors (Lipinski definition) is 3. The largest absolute Gasteiger partial charge is 0.394 e. The molecule has 5 nitrogen and oxygen atoms in total. The van der Waals surface area contributed by atoms with E-state index >= 15 is 0 Å². The standard InChI is InChI=1S/C13H23N3O2/c1-6-9(8-17)14-12(18)10-7-16(5)15-11(10)13(2,3)4/h7,9,17H,6,8H2,1-5H3,(H,14,18)/t9-/m0/s1. The van der Waals surface area contributed by atoms with Crippen LogP contribution in [0.3, 0.4) is 0 Å². The second kappa shape index (κ2) is 5.52. The molecule has 0 aliphatic carbocycles. The Labute approximate surface area is 108 Å². The number of carbonyl (C=O) groups excluding carboxylic acids is 1. The topological polar surface area (TPSA) is 67.2 Å². The third-order valence-corrected chi connectivity index (χ3v) is 2.83. The summed E-state index contributed by atoms with van der Waals surface area (Å²) in [4.78, 5) is 12.2. The van der Waals surface area contributed by atoms with Gasteiger partial charge in [0.15, 0.2) is 0 Å². The van der Waals surface area contributed by atoms with Crippen molar-refractivity contribution in [2.24, 2.45) is 7.05 Å². The van der Waals surface area contributed by atoms with Crippen molar-refractivity contribution in [2.45, 2.75) is 45.6 Å². The minimum Gasteiger partial charge on any atom is -0.394 e. The fourth-order valence-corrected chi connectivity index (χ4v) is 1.75. The second-order valence-electron chi connectivity index (χ2n) is 5.58. The summed E-state index contributed by atoms with van der Waals surface area (Å²) in [6.45, 7) is 7.95. The zero-order valence-corrected chi connectivity index (χ0v) is 11.8. The van der Waals surface area contributed by atoms with E-state index in [-0.39, 0.29) is 24.0 Å². The number of carbonyl (C=O) groups is 1. The molecule has 2 N–H and O–H groups in total. The van der Waals surface area contributed by atoms with E-state index in [1.165, 1.54) is 0 Å². The first-order chi connectivity index (χ1) is 8.29. The van der Waals surface area contributed by atoms with E-state index in [0.29, 0.717) is 12.0 Å². The van der Waals surface area contributed by atoms with Gasteiger partial charge in [0.25, 0.3) is 5.91 Å². The molecule has 1 aromatic rings. The molecule has 0 aliphatic heterocycles. The Morgan fingerprint density at radius 1 is 1.56 bits per heavy atom. The van der Waals surface area contributed by atoms with Gasteiger partial charge in [-0.3, -0.25) is 9.48 Å². The van der Waals surface area contributed by atoms with Crippen molar-refractivity contribution in [3.05, 3.63) is 17.5 Å². The van der Waals surface area contributed by atoms with Gasteiger partial charge in [-0.25, -0.2) is 0 Å². The van der Waals surface area contributed by atoms with Crippen LogP contribution in [0.5, 0.6) is 0 Å². The summed E-state index contributed by atoms with van der Waals surface area (Å²) < 4.78 is 1.65. The number of aromatic nitrogens is 2. The van der Waals surface area contributed by atoms with Gasteiger partial charge in [-0.2, -0.15) is 5.10 Å². The number of amides is 1. The van der Waals surface area contributed by atoms with E-state index in [0.717, 1.165) is 5.69 Å². The van der Waals surface area contributed by atoms with Gasteiger partial charge in [0.2, 0.25) is 0 Å². The number of aliphatic hydroxyl groups is 1. The van der Waals surface area contributed by atoms with Crippen LogP contribution >= 0.6 is 0 Å². The molecular weight excluding hydrogens is 230 g/mol. The third-order valence-electron chi connectivity index (χ3n) is 2.83. The van der Waals surface area contributed by atoms with Crippen molar-refractivity contribution in [2.75, 3.05) is 6.61 Å². The molecule has 1 heterocycles. The van der Waals surface area contributed by atoms with Gasteiger partial charge >= 0.3 is 0 Å². The SMILES string of the molecule is CC[C@@H](CO)NC(=O)c1cn(C)nc1C(C)(C)C. The Bertz CT molecular complexity index is 414. The lowest BCUT2D eigenvalue weighted by Gasteiger charge is -2.19. The molecule has 0 saturated heterocycles. The van der Waals surface area contributed by atoms with Crippen LogP contribution < -0.4 is 5.32 Å². The minimum atomic E-state index is -0.203. The minimum absolute atomic E-state index is 0.0483. The summed E-state index contributed by atoms with van der Waals surface area (Å²) >= 11 is 0. The Morgan fingerprint density at radius 3 is 2.61 bits per heavy atom. The molecule has 0 aliphatic rings. The molecule has 0 fully saturated rings. The van der Waals surface area contributed by atoms with Gasteiger partial charge in [0, 0.05) is 18.7 Å². The van der Waals surface area contributed by atoms with Crippen molar-refractivity contribution in [1.29, 1.82) is 0 Å². The Hall–Kier alpha value is -1.36. The lowest BCUT2D eigenvalue weighted by atomic mass is 9.89. The number of nitrogens with zero attached hydrogens (tertiary/aromatic N) is 2. The molecule has 1 atom stereocenters. The van der Waals surface area contributed by atoms with Gasteiger partial charge in [0.1, 0.15) is 0 Å². The normalized spacial score (nSPS) is 13.4. The molecule has 18 heavy (non-hydrogen) atoms. The third kappa shape index (κ3) is 3.32. The predicted molar refractivity (Wildman–Crippen MR) is 70.5 cm³/mol. The maximum atomic E-state index is 12.2. The summed E-state index contributed by atoms with van der Waals surface area (Å²) in [5, 5.41) is 16.3. The Balaban J connectivity index is 2.99. The first kappa shape index (κ1) is 14.7. The summed E-state index contributed by atoms with van der Waals surface area (Å²) in [6.07, 6.45) is 2.42. The van der Waals surface area contributed by atoms with Gasteiger partial charge in [-0.15, -0.1) is 0 Å². The van der Waals surface area contributed by atoms with E-state index in [9.17, 15) is 4.79 Å². The van der Waals surface area contributed by atoms with E-state index in [1.54, 1.807) is 17.9 Å². The highest BCUT2D eigenvalue weighted by molar-refractivity contribution is 5.95. The van der Waals surface area contributed by atoms with E-state index < -0.39 is 0 Å². The number of hydrogen-bond donors (Lipinski definition) is 2. The molecular formula is C13H23N3O2. The van der Waals surface area contributed by atoms with Crippen LogP contribution in [0.15, 0.2) is 6.20 Å². The zero-order chi connectivity index (χ0) is 13.9. The highest BCUT2D eigenvalue weighted by Crippen LogP contribution is 2.24. The molecule has 5 heteroatoms. The fourth-order valence-electron chi connectivity index (χ4n) is 1.75. The highest BCUT2D eigenvalue weighted by Gasteiger charge is 2.26. The lowest BCUT2D eigenvalue weighted by molar-refractivity contribution is 0.0912. The van der Waals surface area contributed by atoms with Crippen molar-refractivity contribution in [3.63, 3.8) is 0 Å². The van der Waals surface area contributed by atoms with Crippen molar-refractivity contribution in [3.8, 4) is 0 Å². The van der Waals surface area contributed by atoms with Gasteiger partial charge < -0.3 is 10.4 Å². The van der Waals surface area contributed by atoms with Crippen LogP contribution in [0.2, 0.25) is 0 Å². The molecule has 0 unspecified atom stereocenters. The maximum Gasteiger partial charge on any atom is 0.255 e. The summed E-state index contributed by atoms with van der Waals surface area (Å²) in [5.41, 5.74) is 1.17. The van der Waals surface area contributed by atoms with Crippen LogP contribution in [0.4, 0.5) is 0 Å². The second-order valence-corrected chi connectivity index (χ2v) is 5.58. The van der Waals surface area contributed by atoms with Crippen LogP contribution in [0, 0.1) is 0 Å². The van der Waals surface area contributed by atoms with Crippen molar-refractivity contribution < 1.29 is 9.90 Å². The van der Waals surface area contributed by atoms with Gasteiger partial charge in [-0.05, 0) is 6.42 Å². The zero-order valence-electron chi connectivity index (χ0n) is 11.8. The van der Waals surface area contributed by atoms with E-state index in [2.05, 4.69) is 10.4 Å². The summed E-state index contributed by atoms with van der Waals surface area (Å²) in [7, 11) is 1.80. The van der Waals surface area contributed by atoms with E-state index in [4.69, 9.17) is 5.11 Å². The van der Waals surface area contributed by atoms with E-state index in [1.807, 2.05) is 27.7 Å². The first-order valence-corrected chi connectivity index (χ1v) is 6.25. The monoisotopic (exact) mass is 253 g/mol. The molecule has 1 rings (SSSR count). The van der Waals surface area contributed by atoms with Crippen LogP contribution in [0.25, 0.3) is 0 Å². The van der Waals surface area contributed by atoms with Crippen LogP contribution in [0.1, 0.15) is 50.2 Å². The number of aliphatic hydroxyl groups excluding tert-OH is 1. The maximum absolute atomic E-state index is 12.2. The Kier molecular flexibility index (Phi) is 4.51. The molecule has 0 spiro atoms. The van der Waals surface area contributed by atoms with Crippen molar-refractivity contribution in [1.82, 2.24) is 15.1 Å². The number of rotatable bonds is 4. The van der Waals surface area contributed by atoms with Gasteiger partial charge in [0.05, 0.1) is 23.9 Å². The van der Waals surface area contributed by atoms with Gasteiger partial charge in [-0.1, -0.05) is 27.7 Å². The molecule has 102 valence electrons. The Morgan fingerprint density at radius 2 is 2.17 bits per heavy atom. The first-order valence-electron chi connectivity index (χ1n) is 6.25. The number of aryl methyl sites for hydroxylation is 1. The molecule has 1 aromatic heterocycles. The summed E-state index contributed by atoms with van der Waals surface area (Å²) in [6, 6.07) is -0.203. The molecule has 0 bridgehead atoms. The molecule has 0 radical (unpaired) electrons. The fraction of sp³-hybridized carbons (Fsp3) is 0.692. The average molecular weight is 253 g/mol. The van der Waals surface area contributed by atoms with Crippen LogP contribution in [-0.2, 0) is 12.5 Å².